The number of amides is 2. The summed E-state index contributed by atoms with van der Waals surface area (Å²) in [7, 11) is 0. The number of ketones is 1. The van der Waals surface area contributed by atoms with E-state index in [2.05, 4.69) is 10.6 Å². The molecule has 7 nitrogen and oxygen atoms in total. The van der Waals surface area contributed by atoms with Crippen LogP contribution >= 0.6 is 0 Å². The molecule has 4 saturated carbocycles. The van der Waals surface area contributed by atoms with Gasteiger partial charge in [0.25, 0.3) is 5.91 Å². The van der Waals surface area contributed by atoms with Crippen molar-refractivity contribution >= 4 is 29.3 Å². The van der Waals surface area contributed by atoms with Crippen LogP contribution < -0.4 is 10.6 Å². The van der Waals surface area contributed by atoms with Crippen LogP contribution in [0.2, 0.25) is 0 Å². The van der Waals surface area contributed by atoms with Crippen LogP contribution in [0.25, 0.3) is 0 Å². The maximum atomic E-state index is 13.3. The lowest BCUT2D eigenvalue weighted by Crippen LogP contribution is -2.64. The van der Waals surface area contributed by atoms with Gasteiger partial charge in [-0.25, -0.2) is 0 Å². The molecule has 2 amide bonds. The van der Waals surface area contributed by atoms with Gasteiger partial charge < -0.3 is 15.4 Å². The molecule has 4 bridgehead atoms. The first-order valence-corrected chi connectivity index (χ1v) is 12.2. The SMILES string of the molecule is CC(=O)NC12CC3CC(C1)CC(C(=O)OCC(=O)Nc1ccccc1C(=O)c1ccccc1)(C3)C2. The number of nitrogens with one attached hydrogen (secondary N) is 2. The first-order valence-electron chi connectivity index (χ1n) is 12.2. The second-order valence-corrected chi connectivity index (χ2v) is 10.6. The monoisotopic (exact) mass is 474 g/mol. The van der Waals surface area contributed by atoms with E-state index in [9.17, 15) is 19.2 Å². The lowest BCUT2D eigenvalue weighted by molar-refractivity contribution is -0.176. The lowest BCUT2D eigenvalue weighted by Gasteiger charge is -2.60. The van der Waals surface area contributed by atoms with Crippen molar-refractivity contribution in [3.8, 4) is 0 Å². The normalized spacial score (nSPS) is 28.3. The molecule has 2 N–H and O–H groups in total. The van der Waals surface area contributed by atoms with Gasteiger partial charge in [0, 0.05) is 23.6 Å². The molecule has 0 saturated heterocycles. The van der Waals surface area contributed by atoms with E-state index in [-0.39, 0.29) is 23.2 Å². The molecule has 7 heteroatoms. The molecule has 4 aliphatic carbocycles. The fourth-order valence-electron chi connectivity index (χ4n) is 7.03. The largest absolute Gasteiger partial charge is 0.455 e. The molecule has 2 aromatic carbocycles. The number of ether oxygens (including phenoxy) is 1. The number of carbonyl (C=O) groups excluding carboxylic acids is 4. The van der Waals surface area contributed by atoms with Gasteiger partial charge in [0.15, 0.2) is 12.4 Å². The van der Waals surface area contributed by atoms with Crippen molar-refractivity contribution in [1.82, 2.24) is 5.32 Å². The standard InChI is InChI=1S/C28H30N2O5/c1-18(31)30-28-14-19-11-20(15-28)13-27(12-19,17-28)26(34)35-16-24(32)29-23-10-6-5-9-22(23)25(33)21-7-3-2-4-8-21/h2-10,19-20H,11-17H2,1H3,(H,29,32)(H,30,31). The molecular formula is C28H30N2O5. The summed E-state index contributed by atoms with van der Waals surface area (Å²) in [5.74, 6) is -0.340. The Morgan fingerprint density at radius 2 is 1.57 bits per heavy atom. The summed E-state index contributed by atoms with van der Waals surface area (Å²) in [5.41, 5.74) is 0.288. The summed E-state index contributed by atoms with van der Waals surface area (Å²) >= 11 is 0. The highest BCUT2D eigenvalue weighted by Crippen LogP contribution is 2.62. The summed E-state index contributed by atoms with van der Waals surface area (Å²) in [6, 6.07) is 15.7. The summed E-state index contributed by atoms with van der Waals surface area (Å²) in [6.07, 6.45) is 4.97. The van der Waals surface area contributed by atoms with Crippen LogP contribution in [0.4, 0.5) is 5.69 Å². The molecule has 4 fully saturated rings. The van der Waals surface area contributed by atoms with Gasteiger partial charge in [0.1, 0.15) is 0 Å². The Morgan fingerprint density at radius 1 is 0.914 bits per heavy atom. The molecule has 4 aliphatic rings. The van der Waals surface area contributed by atoms with Gasteiger partial charge in [-0.1, -0.05) is 42.5 Å². The summed E-state index contributed by atoms with van der Waals surface area (Å²) in [4.78, 5) is 50.7. The summed E-state index contributed by atoms with van der Waals surface area (Å²) in [6.45, 7) is 1.10. The first kappa shape index (κ1) is 23.3. The van der Waals surface area contributed by atoms with Gasteiger partial charge in [-0.2, -0.15) is 0 Å². The van der Waals surface area contributed by atoms with Crippen LogP contribution in [-0.2, 0) is 19.1 Å². The molecule has 0 spiro atoms. The number of anilines is 1. The van der Waals surface area contributed by atoms with Crippen molar-refractivity contribution in [2.45, 2.75) is 51.0 Å². The Bertz CT molecular complexity index is 1160. The average Bonchev–Trinajstić information content (AvgIpc) is 2.81. The molecule has 2 unspecified atom stereocenters. The minimum absolute atomic E-state index is 0.0708. The number of hydrogen-bond donors (Lipinski definition) is 2. The van der Waals surface area contributed by atoms with E-state index >= 15 is 0 Å². The maximum absolute atomic E-state index is 13.3. The average molecular weight is 475 g/mol. The highest BCUT2D eigenvalue weighted by atomic mass is 16.5. The van der Waals surface area contributed by atoms with E-state index in [1.54, 1.807) is 48.5 Å². The third kappa shape index (κ3) is 4.59. The molecule has 2 atom stereocenters. The van der Waals surface area contributed by atoms with Gasteiger partial charge in [-0.15, -0.1) is 0 Å². The predicted octanol–water partition coefficient (Wildman–Crippen LogP) is 3.87. The molecule has 0 aliphatic heterocycles. The van der Waals surface area contributed by atoms with Crippen molar-refractivity contribution < 1.29 is 23.9 Å². The second-order valence-electron chi connectivity index (χ2n) is 10.6. The minimum atomic E-state index is -0.645. The Balaban J connectivity index is 1.24. The predicted molar refractivity (Wildman–Crippen MR) is 130 cm³/mol. The number of carbonyl (C=O) groups is 4. The Labute approximate surface area is 204 Å². The number of rotatable bonds is 7. The van der Waals surface area contributed by atoms with Crippen LogP contribution in [0.15, 0.2) is 54.6 Å². The molecular weight excluding hydrogens is 444 g/mol. The zero-order valence-corrected chi connectivity index (χ0v) is 19.8. The lowest BCUT2D eigenvalue weighted by atomic mass is 9.47. The summed E-state index contributed by atoms with van der Waals surface area (Å²) < 4.78 is 5.55. The highest BCUT2D eigenvalue weighted by Gasteiger charge is 2.61. The molecule has 2 aromatic rings. The van der Waals surface area contributed by atoms with Crippen molar-refractivity contribution in [3.63, 3.8) is 0 Å². The molecule has 182 valence electrons. The zero-order valence-electron chi connectivity index (χ0n) is 19.8. The zero-order chi connectivity index (χ0) is 24.6. The van der Waals surface area contributed by atoms with E-state index in [1.807, 2.05) is 6.07 Å². The number of para-hydroxylation sites is 1. The van der Waals surface area contributed by atoms with Gasteiger partial charge in [-0.05, 0) is 62.5 Å². The van der Waals surface area contributed by atoms with Crippen LogP contribution in [-0.4, -0.2) is 35.7 Å². The maximum Gasteiger partial charge on any atom is 0.312 e. The van der Waals surface area contributed by atoms with Crippen molar-refractivity contribution in [1.29, 1.82) is 0 Å². The van der Waals surface area contributed by atoms with Crippen LogP contribution in [0.1, 0.15) is 61.4 Å². The van der Waals surface area contributed by atoms with E-state index in [1.165, 1.54) is 6.92 Å². The topological polar surface area (TPSA) is 102 Å². The molecule has 6 rings (SSSR count). The van der Waals surface area contributed by atoms with Gasteiger partial charge >= 0.3 is 5.97 Å². The van der Waals surface area contributed by atoms with Crippen molar-refractivity contribution in [2.75, 3.05) is 11.9 Å². The van der Waals surface area contributed by atoms with Crippen molar-refractivity contribution in [3.05, 3.63) is 65.7 Å². The third-order valence-electron chi connectivity index (χ3n) is 7.75. The number of esters is 1. The molecule has 0 heterocycles. The summed E-state index contributed by atoms with van der Waals surface area (Å²) in [5, 5.41) is 5.87. The smallest absolute Gasteiger partial charge is 0.312 e. The fraction of sp³-hybridized carbons (Fsp3) is 0.429. The van der Waals surface area contributed by atoms with Crippen molar-refractivity contribution in [2.24, 2.45) is 17.3 Å². The van der Waals surface area contributed by atoms with Crippen LogP contribution in [0.3, 0.4) is 0 Å². The van der Waals surface area contributed by atoms with Gasteiger partial charge in [-0.3, -0.25) is 19.2 Å². The van der Waals surface area contributed by atoms with E-state index < -0.39 is 17.9 Å². The van der Waals surface area contributed by atoms with E-state index in [0.29, 0.717) is 35.1 Å². The first-order chi connectivity index (χ1) is 16.8. The van der Waals surface area contributed by atoms with Gasteiger partial charge in [0.05, 0.1) is 11.1 Å². The Kier molecular flexibility index (Phi) is 5.95. The minimum Gasteiger partial charge on any atom is -0.455 e. The second kappa shape index (κ2) is 8.95. The molecule has 0 aromatic heterocycles. The van der Waals surface area contributed by atoms with E-state index in [4.69, 9.17) is 4.74 Å². The Morgan fingerprint density at radius 3 is 2.26 bits per heavy atom. The molecule has 0 radical (unpaired) electrons. The van der Waals surface area contributed by atoms with E-state index in [0.717, 1.165) is 32.1 Å². The molecule has 35 heavy (non-hydrogen) atoms. The van der Waals surface area contributed by atoms with Crippen LogP contribution in [0, 0.1) is 17.3 Å². The quantitative estimate of drug-likeness (QED) is 0.469. The highest BCUT2D eigenvalue weighted by molar-refractivity contribution is 6.13. The van der Waals surface area contributed by atoms with Gasteiger partial charge in [0.2, 0.25) is 5.91 Å². The Hall–Kier alpha value is -3.48. The third-order valence-corrected chi connectivity index (χ3v) is 7.75. The number of hydrogen-bond acceptors (Lipinski definition) is 5. The van der Waals surface area contributed by atoms with Crippen LogP contribution in [0.5, 0.6) is 0 Å². The number of benzene rings is 2. The fourth-order valence-corrected chi connectivity index (χ4v) is 7.03.